The van der Waals surface area contributed by atoms with Gasteiger partial charge in [-0.15, -0.1) is 0 Å². The largest absolute Gasteiger partial charge is 0.462 e. The second-order valence-electron chi connectivity index (χ2n) is 15.0. The Kier molecular flexibility index (Phi) is 18.5. The number of unbranched alkanes of at least 4 members (excludes halogenated alkanes) is 2. The van der Waals surface area contributed by atoms with Crippen molar-refractivity contribution < 1.29 is 24.2 Å². The zero-order valence-electron chi connectivity index (χ0n) is 30.6. The lowest BCUT2D eigenvalue weighted by molar-refractivity contribution is -0.139. The standard InChI is InChI=1S/C39H60O3.C4H6O2/c1-5-6-7-9-30-11-13-31(14-12-30)32-15-17-33(18-16-32)34-19-21-35(22-20-34)36-23-25-37(26-24-36)38(28-41-4)10-8-27-42-39(40)29(2)3;1-4(2-5)3-6/h11-15,33-38H,2,5-10,16-28H2,1,3-4H3;2,6H,1,3H2. The minimum atomic E-state index is -0.267. The molecule has 0 amide bonds. The van der Waals surface area contributed by atoms with E-state index in [9.17, 15) is 9.59 Å². The molecule has 268 valence electrons. The fraction of sp³-hybridized carbons (Fsp3) is 0.674. The monoisotopic (exact) mass is 662 g/mol. The summed E-state index contributed by atoms with van der Waals surface area (Å²) in [6.45, 7) is 11.9. The molecular weight excluding hydrogens is 596 g/mol. The average molecular weight is 663 g/mol. The first-order chi connectivity index (χ1) is 23.3. The molecule has 0 heterocycles. The Bertz CT molecular complexity index is 1130. The van der Waals surface area contributed by atoms with Gasteiger partial charge in [-0.1, -0.05) is 63.3 Å². The lowest BCUT2D eigenvalue weighted by Gasteiger charge is -2.41. The molecule has 4 rings (SSSR count). The lowest BCUT2D eigenvalue weighted by atomic mass is 9.64. The van der Waals surface area contributed by atoms with Gasteiger partial charge < -0.3 is 14.6 Å². The maximum atomic E-state index is 11.7. The molecule has 0 aromatic heterocycles. The number of aliphatic hydroxyl groups excluding tert-OH is 1. The summed E-state index contributed by atoms with van der Waals surface area (Å²) in [5.74, 6) is 4.82. The quantitative estimate of drug-likeness (QED) is 0.0778. The van der Waals surface area contributed by atoms with Gasteiger partial charge in [0.05, 0.1) is 13.2 Å². The maximum Gasteiger partial charge on any atom is 0.333 e. The maximum absolute atomic E-state index is 11.7. The third-order valence-electron chi connectivity index (χ3n) is 11.5. The van der Waals surface area contributed by atoms with E-state index in [-0.39, 0.29) is 18.1 Å². The fourth-order valence-electron chi connectivity index (χ4n) is 8.53. The van der Waals surface area contributed by atoms with Crippen LogP contribution in [0.4, 0.5) is 0 Å². The number of carbonyl (C=O) groups excluding carboxylic acids is 2. The van der Waals surface area contributed by atoms with Gasteiger partial charge in [-0.05, 0) is 155 Å². The van der Waals surface area contributed by atoms with Crippen LogP contribution >= 0.6 is 0 Å². The molecule has 2 atom stereocenters. The van der Waals surface area contributed by atoms with Gasteiger partial charge in [-0.2, -0.15) is 0 Å². The van der Waals surface area contributed by atoms with Crippen LogP contribution in [0.25, 0.3) is 5.57 Å². The van der Waals surface area contributed by atoms with Gasteiger partial charge >= 0.3 is 5.97 Å². The van der Waals surface area contributed by atoms with Crippen molar-refractivity contribution in [1.29, 1.82) is 0 Å². The van der Waals surface area contributed by atoms with E-state index in [1.165, 1.54) is 107 Å². The molecule has 0 radical (unpaired) electrons. The topological polar surface area (TPSA) is 72.8 Å². The van der Waals surface area contributed by atoms with Crippen LogP contribution in [0.3, 0.4) is 0 Å². The number of aryl methyl sites for hydroxylation is 1. The van der Waals surface area contributed by atoms with Crippen molar-refractivity contribution in [2.45, 2.75) is 123 Å². The van der Waals surface area contributed by atoms with Crippen molar-refractivity contribution in [2.75, 3.05) is 26.9 Å². The minimum absolute atomic E-state index is 0.218. The van der Waals surface area contributed by atoms with E-state index in [4.69, 9.17) is 14.6 Å². The van der Waals surface area contributed by atoms with Crippen LogP contribution in [0.1, 0.15) is 128 Å². The average Bonchev–Trinajstić information content (AvgIpc) is 3.13. The highest BCUT2D eigenvalue weighted by Crippen LogP contribution is 2.47. The molecule has 0 saturated heterocycles. The fourth-order valence-corrected chi connectivity index (χ4v) is 8.53. The second kappa shape index (κ2) is 22.3. The molecule has 48 heavy (non-hydrogen) atoms. The summed E-state index contributed by atoms with van der Waals surface area (Å²) in [5.41, 5.74) is 5.26. The number of carbonyl (C=O) groups is 2. The molecule has 5 heteroatoms. The van der Waals surface area contributed by atoms with Crippen molar-refractivity contribution in [3.05, 3.63) is 65.8 Å². The Balaban J connectivity index is 0.000000952. The number of methoxy groups -OCH3 is 1. The van der Waals surface area contributed by atoms with E-state index in [2.05, 4.69) is 50.4 Å². The number of benzene rings is 1. The van der Waals surface area contributed by atoms with Crippen LogP contribution in [-0.4, -0.2) is 44.3 Å². The number of hydrogen-bond donors (Lipinski definition) is 1. The number of aliphatic hydroxyl groups is 1. The van der Waals surface area contributed by atoms with E-state index in [1.807, 2.05) is 7.11 Å². The van der Waals surface area contributed by atoms with Gasteiger partial charge in [0.1, 0.15) is 6.29 Å². The minimum Gasteiger partial charge on any atom is -0.462 e. The Morgan fingerprint density at radius 1 is 0.917 bits per heavy atom. The second-order valence-corrected chi connectivity index (χ2v) is 15.0. The number of ether oxygens (including phenoxy) is 2. The first kappa shape index (κ1) is 39.9. The molecule has 1 N–H and O–H groups in total. The van der Waals surface area contributed by atoms with Gasteiger partial charge in [0.2, 0.25) is 0 Å². The molecule has 2 fully saturated rings. The van der Waals surface area contributed by atoms with E-state index in [1.54, 1.807) is 12.5 Å². The number of aldehydes is 1. The van der Waals surface area contributed by atoms with Crippen LogP contribution in [0.15, 0.2) is 54.6 Å². The third kappa shape index (κ3) is 13.4. The van der Waals surface area contributed by atoms with Crippen LogP contribution in [-0.2, 0) is 25.5 Å². The lowest BCUT2D eigenvalue weighted by Crippen LogP contribution is -2.31. The summed E-state index contributed by atoms with van der Waals surface area (Å²) in [6.07, 6.45) is 25.6. The highest BCUT2D eigenvalue weighted by atomic mass is 16.5. The molecular formula is C43H66O5. The first-order valence-corrected chi connectivity index (χ1v) is 19.1. The van der Waals surface area contributed by atoms with E-state index < -0.39 is 0 Å². The highest BCUT2D eigenvalue weighted by Gasteiger charge is 2.35. The number of esters is 1. The smallest absolute Gasteiger partial charge is 0.333 e. The SMILES string of the molecule is C=C(C)C(=O)OCCCC(COC)C1CCC(C2CCC(C3CC=C(c4ccc(CCCCC)cc4)CC3)CC2)CC1.C=C(C=O)CO. The molecule has 1 aromatic carbocycles. The first-order valence-electron chi connectivity index (χ1n) is 19.1. The molecule has 5 nitrogen and oxygen atoms in total. The Hall–Kier alpha value is -2.50. The summed E-state index contributed by atoms with van der Waals surface area (Å²) >= 11 is 0. The summed E-state index contributed by atoms with van der Waals surface area (Å²) in [7, 11) is 1.83. The summed E-state index contributed by atoms with van der Waals surface area (Å²) in [5, 5.41) is 8.00. The summed E-state index contributed by atoms with van der Waals surface area (Å²) in [4.78, 5) is 21.1. The van der Waals surface area contributed by atoms with Crippen molar-refractivity contribution in [3.8, 4) is 0 Å². The van der Waals surface area contributed by atoms with Crippen LogP contribution < -0.4 is 0 Å². The van der Waals surface area contributed by atoms with E-state index >= 15 is 0 Å². The predicted molar refractivity (Wildman–Crippen MR) is 199 cm³/mol. The van der Waals surface area contributed by atoms with Crippen LogP contribution in [0.5, 0.6) is 0 Å². The number of hydrogen-bond acceptors (Lipinski definition) is 5. The molecule has 3 aliphatic carbocycles. The predicted octanol–water partition coefficient (Wildman–Crippen LogP) is 10.1. The Morgan fingerprint density at radius 2 is 1.54 bits per heavy atom. The third-order valence-corrected chi connectivity index (χ3v) is 11.5. The van der Waals surface area contributed by atoms with E-state index in [0.717, 1.165) is 49.0 Å². The summed E-state index contributed by atoms with van der Waals surface area (Å²) < 4.78 is 10.9. The Labute approximate surface area is 292 Å². The van der Waals surface area contributed by atoms with Gasteiger partial charge in [0.25, 0.3) is 0 Å². The van der Waals surface area contributed by atoms with Gasteiger partial charge in [0.15, 0.2) is 0 Å². The molecule has 2 saturated carbocycles. The molecule has 0 bridgehead atoms. The number of allylic oxidation sites excluding steroid dienone is 2. The van der Waals surface area contributed by atoms with Gasteiger partial charge in [-0.3, -0.25) is 4.79 Å². The van der Waals surface area contributed by atoms with Crippen molar-refractivity contribution in [1.82, 2.24) is 0 Å². The van der Waals surface area contributed by atoms with Gasteiger partial charge in [0, 0.05) is 24.9 Å². The van der Waals surface area contributed by atoms with Crippen molar-refractivity contribution in [2.24, 2.45) is 35.5 Å². The number of rotatable bonds is 17. The van der Waals surface area contributed by atoms with E-state index in [0.29, 0.717) is 24.4 Å². The molecule has 2 unspecified atom stereocenters. The highest BCUT2D eigenvalue weighted by molar-refractivity contribution is 5.86. The normalized spacial score (nSPS) is 24.8. The zero-order chi connectivity index (χ0) is 34.7. The molecule has 0 aliphatic heterocycles. The van der Waals surface area contributed by atoms with Gasteiger partial charge in [-0.25, -0.2) is 4.79 Å². The Morgan fingerprint density at radius 3 is 2.04 bits per heavy atom. The van der Waals surface area contributed by atoms with Crippen LogP contribution in [0.2, 0.25) is 0 Å². The molecule has 1 aromatic rings. The van der Waals surface area contributed by atoms with Crippen molar-refractivity contribution >= 4 is 17.8 Å². The molecule has 0 spiro atoms. The molecule has 3 aliphatic rings. The van der Waals surface area contributed by atoms with Crippen molar-refractivity contribution in [3.63, 3.8) is 0 Å². The summed E-state index contributed by atoms with van der Waals surface area (Å²) in [6, 6.07) is 9.50. The van der Waals surface area contributed by atoms with Crippen LogP contribution in [0, 0.1) is 35.5 Å². The zero-order valence-corrected chi connectivity index (χ0v) is 30.6.